The van der Waals surface area contributed by atoms with Gasteiger partial charge in [-0.3, -0.25) is 4.72 Å². The number of benzene rings is 2. The van der Waals surface area contributed by atoms with Crippen LogP contribution in [0.4, 0.5) is 23.0 Å². The van der Waals surface area contributed by atoms with Crippen molar-refractivity contribution in [3.63, 3.8) is 0 Å². The van der Waals surface area contributed by atoms with E-state index in [1.165, 1.54) is 5.41 Å². The van der Waals surface area contributed by atoms with Gasteiger partial charge in [-0.25, -0.2) is 18.4 Å². The summed E-state index contributed by atoms with van der Waals surface area (Å²) in [5, 5.41) is 4.43. The van der Waals surface area contributed by atoms with E-state index < -0.39 is 10.0 Å². The molecule has 2 aromatic carbocycles. The first kappa shape index (κ1) is 23.3. The van der Waals surface area contributed by atoms with Crippen LogP contribution >= 0.6 is 0 Å². The summed E-state index contributed by atoms with van der Waals surface area (Å²) in [5.74, 6) is 2.24. The second-order valence-corrected chi connectivity index (χ2v) is 8.96. The van der Waals surface area contributed by atoms with Gasteiger partial charge >= 0.3 is 0 Å². The van der Waals surface area contributed by atoms with Gasteiger partial charge in [-0.05, 0) is 63.6 Å². The van der Waals surface area contributed by atoms with Gasteiger partial charge in [-0.15, -0.1) is 0 Å². The summed E-state index contributed by atoms with van der Waals surface area (Å²) in [7, 11) is -3.62. The lowest BCUT2D eigenvalue weighted by molar-refractivity contribution is 0.609. The maximum absolute atomic E-state index is 12.4. The third-order valence-electron chi connectivity index (χ3n) is 4.85. The van der Waals surface area contributed by atoms with E-state index in [9.17, 15) is 8.42 Å². The maximum atomic E-state index is 12.4. The first-order valence-electron chi connectivity index (χ1n) is 10.5. The summed E-state index contributed by atoms with van der Waals surface area (Å²) in [6.45, 7) is 9.74. The SMILES string of the molecule is CCN(CC)c1cc(Nc2ccc(NS(=O)(=O)/C=C/c3ccc(C)cc3)cc2)nc(C)n1. The Labute approximate surface area is 190 Å². The van der Waals surface area contributed by atoms with Crippen LogP contribution in [-0.4, -0.2) is 31.5 Å². The van der Waals surface area contributed by atoms with E-state index in [2.05, 4.69) is 38.8 Å². The largest absolute Gasteiger partial charge is 0.357 e. The molecule has 0 atom stereocenters. The molecule has 0 aliphatic heterocycles. The van der Waals surface area contributed by atoms with E-state index in [0.717, 1.165) is 35.7 Å². The van der Waals surface area contributed by atoms with E-state index in [4.69, 9.17) is 0 Å². The third-order valence-corrected chi connectivity index (χ3v) is 5.86. The van der Waals surface area contributed by atoms with E-state index in [1.54, 1.807) is 30.3 Å². The predicted octanol–water partition coefficient (Wildman–Crippen LogP) is 5.10. The van der Waals surface area contributed by atoms with Crippen molar-refractivity contribution in [2.75, 3.05) is 28.0 Å². The van der Waals surface area contributed by atoms with Gasteiger partial charge in [0.05, 0.1) is 5.41 Å². The summed E-state index contributed by atoms with van der Waals surface area (Å²) in [5.41, 5.74) is 3.22. The zero-order valence-electron chi connectivity index (χ0n) is 18.8. The van der Waals surface area contributed by atoms with Crippen LogP contribution in [0.25, 0.3) is 6.08 Å². The van der Waals surface area contributed by atoms with Crippen LogP contribution in [0, 0.1) is 13.8 Å². The number of aromatic nitrogens is 2. The molecule has 0 aliphatic carbocycles. The molecule has 0 unspecified atom stereocenters. The highest BCUT2D eigenvalue weighted by Gasteiger charge is 2.09. The van der Waals surface area contributed by atoms with Crippen LogP contribution in [0.5, 0.6) is 0 Å². The van der Waals surface area contributed by atoms with Crippen LogP contribution in [0.3, 0.4) is 0 Å². The first-order valence-corrected chi connectivity index (χ1v) is 12.1. The normalized spacial score (nSPS) is 11.5. The number of aryl methyl sites for hydroxylation is 2. The highest BCUT2D eigenvalue weighted by Crippen LogP contribution is 2.22. The fourth-order valence-corrected chi connectivity index (χ4v) is 4.01. The lowest BCUT2D eigenvalue weighted by atomic mass is 10.2. The Morgan fingerprint density at radius 2 is 1.53 bits per heavy atom. The van der Waals surface area contributed by atoms with Crippen molar-refractivity contribution in [2.24, 2.45) is 0 Å². The zero-order valence-corrected chi connectivity index (χ0v) is 19.6. The minimum Gasteiger partial charge on any atom is -0.357 e. The fraction of sp³-hybridized carbons (Fsp3) is 0.250. The fourth-order valence-electron chi connectivity index (χ4n) is 3.14. The van der Waals surface area contributed by atoms with Crippen LogP contribution in [0.2, 0.25) is 0 Å². The number of anilines is 4. The Bertz CT molecular complexity index is 1170. The van der Waals surface area contributed by atoms with E-state index in [-0.39, 0.29) is 0 Å². The minimum atomic E-state index is -3.62. The van der Waals surface area contributed by atoms with Crippen molar-refractivity contribution in [3.8, 4) is 0 Å². The van der Waals surface area contributed by atoms with Gasteiger partial charge in [-0.2, -0.15) is 0 Å². The van der Waals surface area contributed by atoms with E-state index in [1.807, 2.05) is 44.2 Å². The molecule has 0 radical (unpaired) electrons. The quantitative estimate of drug-likeness (QED) is 0.471. The van der Waals surface area contributed by atoms with Gasteiger partial charge in [0.15, 0.2) is 0 Å². The van der Waals surface area contributed by atoms with E-state index in [0.29, 0.717) is 17.3 Å². The highest BCUT2D eigenvalue weighted by molar-refractivity contribution is 7.95. The van der Waals surface area contributed by atoms with Gasteiger partial charge < -0.3 is 10.2 Å². The molecule has 8 heteroatoms. The summed E-state index contributed by atoms with van der Waals surface area (Å²) in [6, 6.07) is 16.6. The molecule has 3 aromatic rings. The number of nitrogens with zero attached hydrogens (tertiary/aromatic N) is 3. The first-order chi connectivity index (χ1) is 15.3. The summed E-state index contributed by atoms with van der Waals surface area (Å²) < 4.78 is 27.3. The van der Waals surface area contributed by atoms with Crippen LogP contribution in [0.15, 0.2) is 60.0 Å². The van der Waals surface area contributed by atoms with Crippen molar-refractivity contribution < 1.29 is 8.42 Å². The molecule has 32 heavy (non-hydrogen) atoms. The van der Waals surface area contributed by atoms with Gasteiger partial charge in [0.1, 0.15) is 17.5 Å². The Balaban J connectivity index is 1.68. The van der Waals surface area contributed by atoms with Crippen molar-refractivity contribution in [2.45, 2.75) is 27.7 Å². The monoisotopic (exact) mass is 451 g/mol. The standard InChI is InChI=1S/C24H29N5O2S/c1-5-29(6-2)24-17-23(25-19(4)26-24)27-21-11-13-22(14-12-21)28-32(30,31)16-15-20-9-7-18(3)8-10-20/h7-17,28H,5-6H2,1-4H3,(H,25,26,27)/b16-15+. The molecule has 1 aromatic heterocycles. The molecule has 1 heterocycles. The Morgan fingerprint density at radius 3 is 2.16 bits per heavy atom. The highest BCUT2D eigenvalue weighted by atomic mass is 32.2. The summed E-state index contributed by atoms with van der Waals surface area (Å²) >= 11 is 0. The van der Waals surface area contributed by atoms with Crippen LogP contribution < -0.4 is 14.9 Å². The molecule has 3 rings (SSSR count). The molecule has 0 spiro atoms. The van der Waals surface area contributed by atoms with Crippen molar-refractivity contribution in [1.29, 1.82) is 0 Å². The lowest BCUT2D eigenvalue weighted by Crippen LogP contribution is -2.23. The Hall–Kier alpha value is -3.39. The molecule has 0 amide bonds. The second kappa shape index (κ2) is 10.3. The van der Waals surface area contributed by atoms with Crippen molar-refractivity contribution in [3.05, 3.63) is 77.0 Å². The van der Waals surface area contributed by atoms with Gasteiger partial charge in [0, 0.05) is 30.5 Å². The molecule has 168 valence electrons. The second-order valence-electron chi connectivity index (χ2n) is 7.39. The zero-order chi connectivity index (χ0) is 23.1. The Kier molecular flexibility index (Phi) is 7.48. The predicted molar refractivity (Wildman–Crippen MR) is 133 cm³/mol. The van der Waals surface area contributed by atoms with Crippen LogP contribution in [0.1, 0.15) is 30.8 Å². The van der Waals surface area contributed by atoms with E-state index >= 15 is 0 Å². The van der Waals surface area contributed by atoms with Gasteiger partial charge in [0.25, 0.3) is 10.0 Å². The van der Waals surface area contributed by atoms with Crippen LogP contribution in [-0.2, 0) is 10.0 Å². The summed E-state index contributed by atoms with van der Waals surface area (Å²) in [4.78, 5) is 11.1. The molecule has 0 fully saturated rings. The number of sulfonamides is 1. The lowest BCUT2D eigenvalue weighted by Gasteiger charge is -2.20. The van der Waals surface area contributed by atoms with Gasteiger partial charge in [-0.1, -0.05) is 29.8 Å². The number of hydrogen-bond acceptors (Lipinski definition) is 6. The molecule has 2 N–H and O–H groups in total. The maximum Gasteiger partial charge on any atom is 0.255 e. The van der Waals surface area contributed by atoms with Gasteiger partial charge in [0.2, 0.25) is 0 Å². The van der Waals surface area contributed by atoms with Crippen molar-refractivity contribution >= 4 is 39.1 Å². The molecule has 0 aliphatic rings. The molecular formula is C24H29N5O2S. The molecule has 0 saturated carbocycles. The number of hydrogen-bond donors (Lipinski definition) is 2. The third kappa shape index (κ3) is 6.55. The molecule has 7 nitrogen and oxygen atoms in total. The average Bonchev–Trinajstić information content (AvgIpc) is 2.75. The average molecular weight is 452 g/mol. The number of nitrogens with one attached hydrogen (secondary N) is 2. The topological polar surface area (TPSA) is 87.2 Å². The smallest absolute Gasteiger partial charge is 0.255 e. The summed E-state index contributed by atoms with van der Waals surface area (Å²) in [6.07, 6.45) is 1.57. The molecule has 0 bridgehead atoms. The minimum absolute atomic E-state index is 0.479. The molecular weight excluding hydrogens is 422 g/mol. The molecule has 0 saturated heterocycles. The number of rotatable bonds is 9. The van der Waals surface area contributed by atoms with Crippen molar-refractivity contribution in [1.82, 2.24) is 9.97 Å². The Morgan fingerprint density at radius 1 is 0.906 bits per heavy atom.